The molecule has 0 aliphatic carbocycles. The predicted octanol–water partition coefficient (Wildman–Crippen LogP) is 5.52. The first kappa shape index (κ1) is 24.0. The number of hydrogen-bond donors (Lipinski definition) is 0. The molecule has 0 aliphatic rings. The second-order valence-electron chi connectivity index (χ2n) is 6.82. The van der Waals surface area contributed by atoms with Crippen molar-refractivity contribution in [2.45, 2.75) is 20.8 Å². The number of carbonyl (C=O) groups is 2. The molecule has 0 saturated carbocycles. The number of hydrogen-bond acceptors (Lipinski definition) is 6. The van der Waals surface area contributed by atoms with Crippen LogP contribution in [0.3, 0.4) is 0 Å². The standard InChI is InChI=1S/C23H23I2NO5/c1-4-26(5-2)10-11-29-22-17(24)12-15(13-18(22)25)20(28)23-21(30-14(3)27)16-8-6-7-9-19(16)31-23/h6-9,12-13H,4-5,10-11H2,1-3H3. The minimum Gasteiger partial charge on any atom is -0.490 e. The van der Waals surface area contributed by atoms with Gasteiger partial charge in [-0.25, -0.2) is 0 Å². The highest BCUT2D eigenvalue weighted by atomic mass is 127. The third-order valence-electron chi connectivity index (χ3n) is 4.81. The van der Waals surface area contributed by atoms with Gasteiger partial charge in [-0.3, -0.25) is 9.59 Å². The van der Waals surface area contributed by atoms with E-state index < -0.39 is 5.97 Å². The van der Waals surface area contributed by atoms with Crippen LogP contribution >= 0.6 is 45.2 Å². The summed E-state index contributed by atoms with van der Waals surface area (Å²) in [6, 6.07) is 10.6. The van der Waals surface area contributed by atoms with Crippen molar-refractivity contribution >= 4 is 67.9 Å². The van der Waals surface area contributed by atoms with E-state index >= 15 is 0 Å². The van der Waals surface area contributed by atoms with Crippen molar-refractivity contribution in [2.24, 2.45) is 0 Å². The van der Waals surface area contributed by atoms with Crippen molar-refractivity contribution in [3.8, 4) is 11.5 Å². The number of ether oxygens (including phenoxy) is 2. The molecular formula is C23H23I2NO5. The number of fused-ring (bicyclic) bond motifs is 1. The summed E-state index contributed by atoms with van der Waals surface area (Å²) < 4.78 is 18.8. The third-order valence-corrected chi connectivity index (χ3v) is 6.41. The minimum absolute atomic E-state index is 0.0122. The van der Waals surface area contributed by atoms with Crippen molar-refractivity contribution in [1.29, 1.82) is 0 Å². The van der Waals surface area contributed by atoms with Crippen LogP contribution in [0, 0.1) is 7.14 Å². The van der Waals surface area contributed by atoms with Crippen LogP contribution in [-0.4, -0.2) is 42.9 Å². The summed E-state index contributed by atoms with van der Waals surface area (Å²) in [6.07, 6.45) is 0. The Hall–Kier alpha value is -1.66. The van der Waals surface area contributed by atoms with Crippen molar-refractivity contribution in [3.05, 3.63) is 54.9 Å². The maximum Gasteiger partial charge on any atom is 0.308 e. The molecule has 0 fully saturated rings. The number of rotatable bonds is 9. The van der Waals surface area contributed by atoms with Gasteiger partial charge in [0, 0.05) is 19.0 Å². The Morgan fingerprint density at radius 2 is 1.68 bits per heavy atom. The normalized spacial score (nSPS) is 11.2. The highest BCUT2D eigenvalue weighted by Gasteiger charge is 2.25. The first-order valence-electron chi connectivity index (χ1n) is 9.94. The van der Waals surface area contributed by atoms with Crippen LogP contribution in [0.25, 0.3) is 11.0 Å². The SMILES string of the molecule is CCN(CC)CCOc1c(I)cc(C(=O)c2oc3ccccc3c2OC(C)=O)cc1I. The molecule has 3 aromatic rings. The van der Waals surface area contributed by atoms with Gasteiger partial charge in [-0.05, 0) is 82.5 Å². The number of nitrogens with zero attached hydrogens (tertiary/aromatic N) is 1. The molecule has 0 amide bonds. The number of likely N-dealkylation sites (N-methyl/N-ethyl adjacent to an activating group) is 1. The zero-order valence-electron chi connectivity index (χ0n) is 17.5. The number of carbonyl (C=O) groups excluding carboxylic acids is 2. The summed E-state index contributed by atoms with van der Waals surface area (Å²) in [5.74, 6) is 0.0604. The van der Waals surface area contributed by atoms with Crippen molar-refractivity contribution < 1.29 is 23.5 Å². The number of benzene rings is 2. The molecule has 2 aromatic carbocycles. The number of esters is 1. The molecule has 8 heteroatoms. The summed E-state index contributed by atoms with van der Waals surface area (Å²) in [6.45, 7) is 8.91. The van der Waals surface area contributed by atoms with Gasteiger partial charge < -0.3 is 18.8 Å². The van der Waals surface area contributed by atoms with Gasteiger partial charge in [0.05, 0.1) is 12.5 Å². The van der Waals surface area contributed by atoms with E-state index in [1.54, 1.807) is 36.4 Å². The van der Waals surface area contributed by atoms with E-state index in [4.69, 9.17) is 13.9 Å². The molecule has 3 rings (SSSR count). The highest BCUT2D eigenvalue weighted by molar-refractivity contribution is 14.1. The van der Waals surface area contributed by atoms with Gasteiger partial charge in [0.1, 0.15) is 17.9 Å². The lowest BCUT2D eigenvalue weighted by Gasteiger charge is -2.19. The van der Waals surface area contributed by atoms with E-state index in [1.807, 2.05) is 0 Å². The third kappa shape index (κ3) is 5.58. The molecule has 0 spiro atoms. The van der Waals surface area contributed by atoms with E-state index in [2.05, 4.69) is 63.9 Å². The van der Waals surface area contributed by atoms with Gasteiger partial charge in [-0.15, -0.1) is 0 Å². The molecule has 0 saturated heterocycles. The molecule has 0 radical (unpaired) electrons. The Labute approximate surface area is 208 Å². The van der Waals surface area contributed by atoms with E-state index in [1.165, 1.54) is 6.92 Å². The zero-order chi connectivity index (χ0) is 22.5. The monoisotopic (exact) mass is 647 g/mol. The summed E-state index contributed by atoms with van der Waals surface area (Å²) in [5, 5.41) is 0.585. The number of furan rings is 1. The van der Waals surface area contributed by atoms with Crippen LogP contribution in [0.15, 0.2) is 40.8 Å². The fourth-order valence-electron chi connectivity index (χ4n) is 3.19. The van der Waals surface area contributed by atoms with E-state index in [0.29, 0.717) is 23.1 Å². The molecule has 0 bridgehead atoms. The minimum atomic E-state index is -0.512. The molecule has 1 aromatic heterocycles. The predicted molar refractivity (Wildman–Crippen MR) is 136 cm³/mol. The molecule has 164 valence electrons. The molecule has 31 heavy (non-hydrogen) atoms. The smallest absolute Gasteiger partial charge is 0.308 e. The average Bonchev–Trinajstić information content (AvgIpc) is 3.10. The number of ketones is 1. The van der Waals surface area contributed by atoms with Crippen molar-refractivity contribution in [2.75, 3.05) is 26.2 Å². The van der Waals surface area contributed by atoms with E-state index in [9.17, 15) is 9.59 Å². The van der Waals surface area contributed by atoms with Gasteiger partial charge in [0.2, 0.25) is 11.5 Å². The Kier molecular flexibility index (Phi) is 8.34. The van der Waals surface area contributed by atoms with Gasteiger partial charge in [0.15, 0.2) is 5.75 Å². The lowest BCUT2D eigenvalue weighted by atomic mass is 10.1. The van der Waals surface area contributed by atoms with E-state index in [-0.39, 0.29) is 17.3 Å². The van der Waals surface area contributed by atoms with Gasteiger partial charge in [-0.1, -0.05) is 26.0 Å². The van der Waals surface area contributed by atoms with Crippen LogP contribution in [0.1, 0.15) is 36.9 Å². The number of para-hydroxylation sites is 1. The Morgan fingerprint density at radius 1 is 1.03 bits per heavy atom. The van der Waals surface area contributed by atoms with Gasteiger partial charge in [-0.2, -0.15) is 0 Å². The molecule has 1 heterocycles. The topological polar surface area (TPSA) is 69.0 Å². The summed E-state index contributed by atoms with van der Waals surface area (Å²) in [4.78, 5) is 27.2. The average molecular weight is 647 g/mol. The maximum atomic E-state index is 13.3. The second-order valence-corrected chi connectivity index (χ2v) is 9.15. The fraction of sp³-hybridized carbons (Fsp3) is 0.304. The van der Waals surface area contributed by atoms with Gasteiger partial charge in [0.25, 0.3) is 0 Å². The second kappa shape index (κ2) is 10.8. The summed E-state index contributed by atoms with van der Waals surface area (Å²) in [7, 11) is 0. The lowest BCUT2D eigenvalue weighted by molar-refractivity contribution is -0.131. The van der Waals surface area contributed by atoms with Crippen LogP contribution in [0.5, 0.6) is 11.5 Å². The van der Waals surface area contributed by atoms with Crippen LogP contribution in [-0.2, 0) is 4.79 Å². The molecule has 0 N–H and O–H groups in total. The van der Waals surface area contributed by atoms with Crippen molar-refractivity contribution in [3.63, 3.8) is 0 Å². The first-order chi connectivity index (χ1) is 14.8. The molecular weight excluding hydrogens is 624 g/mol. The molecule has 0 aliphatic heterocycles. The Morgan fingerprint density at radius 3 is 2.29 bits per heavy atom. The molecule has 0 unspecified atom stereocenters. The molecule has 6 nitrogen and oxygen atoms in total. The largest absolute Gasteiger partial charge is 0.490 e. The lowest BCUT2D eigenvalue weighted by Crippen LogP contribution is -2.28. The Bertz CT molecular complexity index is 1080. The number of halogens is 2. The van der Waals surface area contributed by atoms with Gasteiger partial charge >= 0.3 is 5.97 Å². The fourth-order valence-corrected chi connectivity index (χ4v) is 5.27. The molecule has 0 atom stereocenters. The highest BCUT2D eigenvalue weighted by Crippen LogP contribution is 2.36. The van der Waals surface area contributed by atoms with E-state index in [0.717, 1.165) is 32.5 Å². The summed E-state index contributed by atoms with van der Waals surface area (Å²) in [5.41, 5.74) is 0.931. The summed E-state index contributed by atoms with van der Waals surface area (Å²) >= 11 is 4.34. The quantitative estimate of drug-likeness (QED) is 0.173. The van der Waals surface area contributed by atoms with Crippen LogP contribution in [0.2, 0.25) is 0 Å². The zero-order valence-corrected chi connectivity index (χ0v) is 21.9. The van der Waals surface area contributed by atoms with Crippen LogP contribution < -0.4 is 9.47 Å². The van der Waals surface area contributed by atoms with Crippen LogP contribution in [0.4, 0.5) is 0 Å². The first-order valence-corrected chi connectivity index (χ1v) is 12.1. The Balaban J connectivity index is 1.90. The maximum absolute atomic E-state index is 13.3. The van der Waals surface area contributed by atoms with Crippen molar-refractivity contribution in [1.82, 2.24) is 4.90 Å².